The van der Waals surface area contributed by atoms with Gasteiger partial charge in [0.05, 0.1) is 17.7 Å². The van der Waals surface area contributed by atoms with Gasteiger partial charge in [0.15, 0.2) is 0 Å². The largest absolute Gasteiger partial charge is 0.340 e. The van der Waals surface area contributed by atoms with E-state index < -0.39 is 6.04 Å². The molecule has 2 heterocycles. The monoisotopic (exact) mass is 500 g/mol. The highest BCUT2D eigenvalue weighted by Crippen LogP contribution is 2.40. The highest BCUT2D eigenvalue weighted by Gasteiger charge is 2.38. The lowest BCUT2D eigenvalue weighted by Gasteiger charge is -2.37. The van der Waals surface area contributed by atoms with Crippen LogP contribution < -0.4 is 10.6 Å². The van der Waals surface area contributed by atoms with E-state index in [0.29, 0.717) is 50.0 Å². The summed E-state index contributed by atoms with van der Waals surface area (Å²) in [4.78, 5) is 27.7. The van der Waals surface area contributed by atoms with Gasteiger partial charge in [-0.3, -0.25) is 9.59 Å². The number of benzene rings is 2. The number of carbonyl (C=O) groups excluding carboxylic acids is 2. The number of nitriles is 1. The van der Waals surface area contributed by atoms with Gasteiger partial charge in [0.2, 0.25) is 5.91 Å². The average molecular weight is 501 g/mol. The van der Waals surface area contributed by atoms with E-state index in [1.807, 2.05) is 36.5 Å². The van der Waals surface area contributed by atoms with Gasteiger partial charge in [-0.2, -0.15) is 10.4 Å². The molecule has 3 atom stereocenters. The van der Waals surface area contributed by atoms with Gasteiger partial charge in [0.25, 0.3) is 5.91 Å². The van der Waals surface area contributed by atoms with E-state index in [1.54, 1.807) is 27.9 Å². The second-order valence-electron chi connectivity index (χ2n) is 9.69. The molecule has 1 saturated heterocycles. The minimum Gasteiger partial charge on any atom is -0.340 e. The number of hydrogen-bond donors (Lipinski definition) is 2. The third-order valence-corrected chi connectivity index (χ3v) is 7.04. The Bertz CT molecular complexity index is 1260. The Morgan fingerprint density at radius 1 is 1.14 bits per heavy atom. The number of carbonyl (C=O) groups is 2. The first-order chi connectivity index (χ1) is 18.0. The van der Waals surface area contributed by atoms with Gasteiger partial charge in [-0.05, 0) is 73.8 Å². The van der Waals surface area contributed by atoms with E-state index >= 15 is 0 Å². The standard InChI is InChI=1S/C28H29FN6O2/c29-22-8-4-20(5-9-22)24-15-26(24)31-12-1-3-25(28(37)34-17-19(16-30)18-34)33-27(36)21-6-10-23(11-7-21)35-14-2-13-32-35/h2,4-11,13-14,19,24-26,31H,1,3,12,15,17-18H2,(H,33,36)/t24-,25-,26+/m0/s1. The second-order valence-corrected chi connectivity index (χ2v) is 9.69. The zero-order chi connectivity index (χ0) is 25.8. The molecule has 2 aliphatic rings. The maximum absolute atomic E-state index is 13.2. The van der Waals surface area contributed by atoms with Crippen LogP contribution in [-0.2, 0) is 4.79 Å². The molecule has 0 spiro atoms. The Balaban J connectivity index is 1.15. The number of hydrogen-bond acceptors (Lipinski definition) is 5. The van der Waals surface area contributed by atoms with Crippen LogP contribution >= 0.6 is 0 Å². The lowest BCUT2D eigenvalue weighted by Crippen LogP contribution is -2.56. The predicted molar refractivity (Wildman–Crippen MR) is 135 cm³/mol. The van der Waals surface area contributed by atoms with E-state index in [0.717, 1.165) is 17.7 Å². The molecule has 37 heavy (non-hydrogen) atoms. The fraction of sp³-hybridized carbons (Fsp3) is 0.357. The van der Waals surface area contributed by atoms with Crippen molar-refractivity contribution < 1.29 is 14.0 Å². The molecule has 1 aliphatic carbocycles. The summed E-state index contributed by atoms with van der Waals surface area (Å²) >= 11 is 0. The summed E-state index contributed by atoms with van der Waals surface area (Å²) in [5.74, 6) is -0.455. The van der Waals surface area contributed by atoms with Gasteiger partial charge >= 0.3 is 0 Å². The van der Waals surface area contributed by atoms with E-state index in [2.05, 4.69) is 21.8 Å². The number of aromatic nitrogens is 2. The van der Waals surface area contributed by atoms with E-state index in [9.17, 15) is 14.0 Å². The van der Waals surface area contributed by atoms with Crippen molar-refractivity contribution in [3.63, 3.8) is 0 Å². The third-order valence-electron chi connectivity index (χ3n) is 7.04. The molecule has 2 amide bonds. The normalized spacial score (nSPS) is 19.5. The summed E-state index contributed by atoms with van der Waals surface area (Å²) in [6, 6.07) is 17.4. The summed E-state index contributed by atoms with van der Waals surface area (Å²) in [5, 5.41) is 19.7. The summed E-state index contributed by atoms with van der Waals surface area (Å²) in [7, 11) is 0. The number of rotatable bonds is 10. The molecule has 1 saturated carbocycles. The van der Waals surface area contributed by atoms with Gasteiger partial charge in [0.1, 0.15) is 11.9 Å². The fourth-order valence-corrected chi connectivity index (χ4v) is 4.74. The van der Waals surface area contributed by atoms with Crippen LogP contribution in [0.5, 0.6) is 0 Å². The highest BCUT2D eigenvalue weighted by molar-refractivity contribution is 5.97. The summed E-state index contributed by atoms with van der Waals surface area (Å²) in [6.45, 7) is 1.52. The highest BCUT2D eigenvalue weighted by atomic mass is 19.1. The Kier molecular flexibility index (Phi) is 7.28. The van der Waals surface area contributed by atoms with Gasteiger partial charge < -0.3 is 15.5 Å². The van der Waals surface area contributed by atoms with Crippen LogP contribution in [0, 0.1) is 23.1 Å². The number of nitrogens with zero attached hydrogens (tertiary/aromatic N) is 4. The SMILES string of the molecule is N#CC1CN(C(=O)[C@H](CCCN[C@@H]2C[C@H]2c2ccc(F)cc2)NC(=O)c2ccc(-n3cccn3)cc2)C1. The number of nitrogens with one attached hydrogen (secondary N) is 2. The molecule has 9 heteroatoms. The van der Waals surface area contributed by atoms with Crippen molar-refractivity contribution in [3.05, 3.63) is 83.9 Å². The fourth-order valence-electron chi connectivity index (χ4n) is 4.74. The second kappa shape index (κ2) is 10.9. The molecule has 2 N–H and O–H groups in total. The van der Waals surface area contributed by atoms with Crippen LogP contribution in [0.15, 0.2) is 67.0 Å². The first-order valence-corrected chi connectivity index (χ1v) is 12.6. The average Bonchev–Trinajstić information content (AvgIpc) is 3.44. The number of amides is 2. The van der Waals surface area contributed by atoms with Crippen molar-refractivity contribution in [1.82, 2.24) is 25.3 Å². The Hall–Kier alpha value is -4.03. The molecule has 190 valence electrons. The predicted octanol–water partition coefficient (Wildman–Crippen LogP) is 3.02. The Morgan fingerprint density at radius 3 is 2.57 bits per heavy atom. The molecule has 1 aliphatic heterocycles. The molecule has 2 aromatic carbocycles. The maximum atomic E-state index is 13.2. The van der Waals surface area contributed by atoms with Crippen molar-refractivity contribution in [2.24, 2.45) is 5.92 Å². The molecule has 1 aromatic heterocycles. The lowest BCUT2D eigenvalue weighted by atomic mass is 9.99. The molecule has 0 radical (unpaired) electrons. The van der Waals surface area contributed by atoms with Crippen molar-refractivity contribution in [2.75, 3.05) is 19.6 Å². The molecule has 0 bridgehead atoms. The first-order valence-electron chi connectivity index (χ1n) is 12.6. The van der Waals surface area contributed by atoms with E-state index in [-0.39, 0.29) is 23.5 Å². The minimum absolute atomic E-state index is 0.143. The molecule has 0 unspecified atom stereocenters. The summed E-state index contributed by atoms with van der Waals surface area (Å²) in [6.07, 6.45) is 5.71. The van der Waals surface area contributed by atoms with Crippen molar-refractivity contribution in [2.45, 2.75) is 37.3 Å². The Morgan fingerprint density at radius 2 is 1.89 bits per heavy atom. The maximum Gasteiger partial charge on any atom is 0.251 e. The smallest absolute Gasteiger partial charge is 0.251 e. The van der Waals surface area contributed by atoms with Crippen LogP contribution in [0.25, 0.3) is 5.69 Å². The van der Waals surface area contributed by atoms with Crippen LogP contribution in [0.2, 0.25) is 0 Å². The Labute approximate surface area is 215 Å². The summed E-state index contributed by atoms with van der Waals surface area (Å²) in [5.41, 5.74) is 2.43. The molecule has 3 aromatic rings. The van der Waals surface area contributed by atoms with E-state index in [4.69, 9.17) is 5.26 Å². The zero-order valence-corrected chi connectivity index (χ0v) is 20.4. The van der Waals surface area contributed by atoms with Crippen LogP contribution in [-0.4, -0.2) is 58.2 Å². The minimum atomic E-state index is -0.660. The van der Waals surface area contributed by atoms with Gasteiger partial charge in [-0.1, -0.05) is 12.1 Å². The first kappa shape index (κ1) is 24.7. The summed E-state index contributed by atoms with van der Waals surface area (Å²) < 4.78 is 14.9. The molecule has 8 nitrogen and oxygen atoms in total. The lowest BCUT2D eigenvalue weighted by molar-refractivity contribution is -0.138. The van der Waals surface area contributed by atoms with E-state index in [1.165, 1.54) is 12.1 Å². The molecule has 5 rings (SSSR count). The zero-order valence-electron chi connectivity index (χ0n) is 20.4. The van der Waals surface area contributed by atoms with Crippen LogP contribution in [0.3, 0.4) is 0 Å². The van der Waals surface area contributed by atoms with Gasteiger partial charge in [-0.15, -0.1) is 0 Å². The van der Waals surface area contributed by atoms with Gasteiger partial charge in [-0.25, -0.2) is 9.07 Å². The van der Waals surface area contributed by atoms with Crippen LogP contribution in [0.4, 0.5) is 4.39 Å². The third kappa shape index (κ3) is 5.87. The molecular formula is C28H29FN6O2. The molecular weight excluding hydrogens is 471 g/mol. The van der Waals surface area contributed by atoms with Crippen molar-refractivity contribution in [3.8, 4) is 11.8 Å². The molecule has 2 fully saturated rings. The van der Waals surface area contributed by atoms with Crippen LogP contribution in [0.1, 0.15) is 41.1 Å². The topological polar surface area (TPSA) is 103 Å². The number of halogens is 1. The van der Waals surface area contributed by atoms with Crippen molar-refractivity contribution in [1.29, 1.82) is 5.26 Å². The quantitative estimate of drug-likeness (QED) is 0.417. The van der Waals surface area contributed by atoms with Gasteiger partial charge in [0, 0.05) is 43.0 Å². The van der Waals surface area contributed by atoms with Crippen molar-refractivity contribution >= 4 is 11.8 Å². The number of likely N-dealkylation sites (tertiary alicyclic amines) is 1.